The van der Waals surface area contributed by atoms with Crippen molar-refractivity contribution in [2.45, 2.75) is 19.3 Å². The van der Waals surface area contributed by atoms with E-state index >= 15 is 0 Å². The minimum atomic E-state index is -0.428. The van der Waals surface area contributed by atoms with Crippen LogP contribution in [0, 0.1) is 18.8 Å². The fourth-order valence-electron chi connectivity index (χ4n) is 3.67. The van der Waals surface area contributed by atoms with Crippen LogP contribution in [0.15, 0.2) is 60.8 Å². The Morgan fingerprint density at radius 2 is 1.80 bits per heavy atom. The van der Waals surface area contributed by atoms with E-state index in [4.69, 9.17) is 16.3 Å². The summed E-state index contributed by atoms with van der Waals surface area (Å²) in [5.74, 6) is 6.10. The van der Waals surface area contributed by atoms with Crippen LogP contribution in [0.25, 0.3) is 11.1 Å². The minimum Gasteiger partial charge on any atom is -0.449 e. The summed E-state index contributed by atoms with van der Waals surface area (Å²) in [6.45, 7) is 2.62. The first-order valence-electron chi connectivity index (χ1n) is 9.83. The summed E-state index contributed by atoms with van der Waals surface area (Å²) in [5, 5.41) is 3.24. The van der Waals surface area contributed by atoms with Gasteiger partial charge in [0.05, 0.1) is 0 Å². The van der Waals surface area contributed by atoms with Crippen molar-refractivity contribution in [2.75, 3.05) is 13.2 Å². The van der Waals surface area contributed by atoms with Crippen molar-refractivity contribution in [3.63, 3.8) is 0 Å². The van der Waals surface area contributed by atoms with Gasteiger partial charge in [-0.05, 0) is 40.8 Å². The third kappa shape index (κ3) is 4.32. The Labute approximate surface area is 181 Å². The van der Waals surface area contributed by atoms with Crippen LogP contribution in [0.5, 0.6) is 0 Å². The number of alkyl carbamates (subject to hydrolysis) is 1. The number of pyridine rings is 1. The lowest BCUT2D eigenvalue weighted by Gasteiger charge is -2.14. The number of hydrogen-bond donors (Lipinski definition) is 1. The molecule has 30 heavy (non-hydrogen) atoms. The summed E-state index contributed by atoms with van der Waals surface area (Å²) in [5.41, 5.74) is 6.51. The summed E-state index contributed by atoms with van der Waals surface area (Å²) < 4.78 is 5.51. The lowest BCUT2D eigenvalue weighted by molar-refractivity contribution is 0.143. The number of ether oxygens (including phenoxy) is 1. The predicted octanol–water partition coefficient (Wildman–Crippen LogP) is 5.32. The average Bonchev–Trinajstić information content (AvgIpc) is 3.08. The van der Waals surface area contributed by atoms with Crippen LogP contribution in [0.3, 0.4) is 0 Å². The second-order valence-electron chi connectivity index (χ2n) is 7.14. The van der Waals surface area contributed by atoms with Gasteiger partial charge in [-0.25, -0.2) is 9.78 Å². The van der Waals surface area contributed by atoms with Crippen LogP contribution in [0.2, 0.25) is 5.15 Å². The van der Waals surface area contributed by atoms with Crippen molar-refractivity contribution < 1.29 is 9.53 Å². The third-order valence-electron chi connectivity index (χ3n) is 5.11. The summed E-state index contributed by atoms with van der Waals surface area (Å²) >= 11 is 5.91. The van der Waals surface area contributed by atoms with Gasteiger partial charge in [0, 0.05) is 30.6 Å². The SMILES string of the molecule is Cc1cc(C#CCCNC(=O)OCC2c3ccccc3-c3ccccc32)cnc1Cl. The zero-order valence-corrected chi connectivity index (χ0v) is 17.4. The number of carbonyl (C=O) groups is 1. The molecule has 4 nitrogen and oxygen atoms in total. The molecule has 4 rings (SSSR count). The molecule has 1 amide bonds. The van der Waals surface area contributed by atoms with E-state index in [1.54, 1.807) is 6.20 Å². The van der Waals surface area contributed by atoms with Crippen LogP contribution in [-0.4, -0.2) is 24.2 Å². The molecule has 2 aromatic carbocycles. The van der Waals surface area contributed by atoms with Crippen molar-refractivity contribution >= 4 is 17.7 Å². The van der Waals surface area contributed by atoms with E-state index in [9.17, 15) is 4.79 Å². The van der Waals surface area contributed by atoms with Gasteiger partial charge in [-0.3, -0.25) is 0 Å². The summed E-state index contributed by atoms with van der Waals surface area (Å²) in [6, 6.07) is 18.4. The molecule has 1 aliphatic rings. The number of rotatable bonds is 4. The molecular weight excluding hydrogens is 396 g/mol. The zero-order chi connectivity index (χ0) is 20.9. The van der Waals surface area contributed by atoms with Gasteiger partial charge in [0.15, 0.2) is 0 Å². The van der Waals surface area contributed by atoms with Gasteiger partial charge in [0.25, 0.3) is 0 Å². The summed E-state index contributed by atoms with van der Waals surface area (Å²) in [4.78, 5) is 16.2. The number of benzene rings is 2. The second-order valence-corrected chi connectivity index (χ2v) is 7.49. The largest absolute Gasteiger partial charge is 0.449 e. The van der Waals surface area contributed by atoms with Crippen molar-refractivity contribution in [2.24, 2.45) is 0 Å². The maximum atomic E-state index is 12.1. The zero-order valence-electron chi connectivity index (χ0n) is 16.6. The number of nitrogens with one attached hydrogen (secondary N) is 1. The molecule has 0 saturated carbocycles. The topological polar surface area (TPSA) is 51.2 Å². The smallest absolute Gasteiger partial charge is 0.407 e. The highest BCUT2D eigenvalue weighted by atomic mass is 35.5. The van der Waals surface area contributed by atoms with Gasteiger partial charge in [0.1, 0.15) is 11.8 Å². The molecule has 0 aliphatic heterocycles. The number of aromatic nitrogens is 1. The molecule has 150 valence electrons. The van der Waals surface area contributed by atoms with E-state index < -0.39 is 6.09 Å². The molecule has 5 heteroatoms. The van der Waals surface area contributed by atoms with Gasteiger partial charge in [-0.2, -0.15) is 0 Å². The van der Waals surface area contributed by atoms with Crippen LogP contribution in [0.4, 0.5) is 4.79 Å². The van der Waals surface area contributed by atoms with Crippen molar-refractivity contribution in [1.82, 2.24) is 10.3 Å². The summed E-state index contributed by atoms with van der Waals surface area (Å²) in [6.07, 6.45) is 1.73. The van der Waals surface area contributed by atoms with Crippen LogP contribution in [-0.2, 0) is 4.74 Å². The fraction of sp³-hybridized carbons (Fsp3) is 0.200. The molecule has 1 aliphatic carbocycles. The number of aryl methyl sites for hydroxylation is 1. The van der Waals surface area contributed by atoms with Crippen molar-refractivity contribution in [3.8, 4) is 23.0 Å². The first kappa shape index (κ1) is 20.0. The number of amides is 1. The van der Waals surface area contributed by atoms with Crippen molar-refractivity contribution in [3.05, 3.63) is 88.2 Å². The number of nitrogens with zero attached hydrogens (tertiary/aromatic N) is 1. The third-order valence-corrected chi connectivity index (χ3v) is 5.51. The second kappa shape index (κ2) is 9.02. The summed E-state index contributed by atoms with van der Waals surface area (Å²) in [7, 11) is 0. The highest BCUT2D eigenvalue weighted by Gasteiger charge is 2.28. The minimum absolute atomic E-state index is 0.0589. The highest BCUT2D eigenvalue weighted by molar-refractivity contribution is 6.30. The predicted molar refractivity (Wildman–Crippen MR) is 119 cm³/mol. The molecule has 0 bridgehead atoms. The van der Waals surface area contributed by atoms with E-state index in [-0.39, 0.29) is 5.92 Å². The number of carbonyl (C=O) groups excluding carboxylic acids is 1. The first-order valence-corrected chi connectivity index (χ1v) is 10.2. The Kier molecular flexibility index (Phi) is 6.02. The molecule has 0 fully saturated rings. The molecule has 0 saturated heterocycles. The van der Waals surface area contributed by atoms with E-state index in [2.05, 4.69) is 46.4 Å². The molecule has 0 spiro atoms. The molecule has 1 heterocycles. The lowest BCUT2D eigenvalue weighted by atomic mass is 9.98. The Bertz CT molecular complexity index is 1100. The molecule has 0 unspecified atom stereocenters. The lowest BCUT2D eigenvalue weighted by Crippen LogP contribution is -2.26. The maximum Gasteiger partial charge on any atom is 0.407 e. The van der Waals surface area contributed by atoms with Gasteiger partial charge in [0.2, 0.25) is 0 Å². The quantitative estimate of drug-likeness (QED) is 0.355. The first-order chi connectivity index (χ1) is 14.6. The van der Waals surface area contributed by atoms with Crippen LogP contribution < -0.4 is 5.32 Å². The van der Waals surface area contributed by atoms with E-state index in [1.165, 1.54) is 22.3 Å². The molecule has 1 N–H and O–H groups in total. The molecule has 3 aromatic rings. The Morgan fingerprint density at radius 3 is 2.47 bits per heavy atom. The molecular formula is C25H21ClN2O2. The molecule has 1 aromatic heterocycles. The van der Waals surface area contributed by atoms with Gasteiger partial charge < -0.3 is 10.1 Å². The Morgan fingerprint density at radius 1 is 1.13 bits per heavy atom. The maximum absolute atomic E-state index is 12.1. The Hall–Kier alpha value is -3.29. The van der Waals surface area contributed by atoms with E-state index in [0.717, 1.165) is 11.1 Å². The van der Waals surface area contributed by atoms with Gasteiger partial charge in [-0.15, -0.1) is 0 Å². The number of halogens is 1. The van der Waals surface area contributed by atoms with Gasteiger partial charge >= 0.3 is 6.09 Å². The van der Waals surface area contributed by atoms with Crippen LogP contribution >= 0.6 is 11.6 Å². The van der Waals surface area contributed by atoms with Crippen LogP contribution in [0.1, 0.15) is 34.6 Å². The highest BCUT2D eigenvalue weighted by Crippen LogP contribution is 2.44. The van der Waals surface area contributed by atoms with Crippen molar-refractivity contribution in [1.29, 1.82) is 0 Å². The van der Waals surface area contributed by atoms with E-state index in [0.29, 0.717) is 24.7 Å². The monoisotopic (exact) mass is 416 g/mol. The number of fused-ring (bicyclic) bond motifs is 3. The average molecular weight is 417 g/mol. The normalized spacial score (nSPS) is 11.8. The standard InChI is InChI=1S/C25H21ClN2O2/c1-17-14-18(15-28-24(17)26)8-6-7-13-27-25(29)30-16-23-21-11-4-2-9-19(21)20-10-3-5-12-22(20)23/h2-5,9-12,14-15,23H,7,13,16H2,1H3,(H,27,29). The molecule has 0 atom stereocenters. The number of hydrogen-bond acceptors (Lipinski definition) is 3. The molecule has 0 radical (unpaired) electrons. The van der Waals surface area contributed by atoms with E-state index in [1.807, 2.05) is 37.3 Å². The van der Waals surface area contributed by atoms with Gasteiger partial charge in [-0.1, -0.05) is 72.0 Å². The Balaban J connectivity index is 1.29. The fourth-order valence-corrected chi connectivity index (χ4v) is 3.77.